The molecule has 260 valence electrons. The lowest BCUT2D eigenvalue weighted by molar-refractivity contribution is 0.732. The van der Waals surface area contributed by atoms with Gasteiger partial charge in [0.25, 0.3) is 0 Å². The van der Waals surface area contributed by atoms with Gasteiger partial charge in [0.05, 0.1) is 17.0 Å². The lowest BCUT2D eigenvalue weighted by Gasteiger charge is -2.26. The molecular weight excluding hydrogens is 665 g/mol. The number of likely N-dealkylation sites (N-methyl/N-ethyl adjacent to an activating group) is 1. The summed E-state index contributed by atoms with van der Waals surface area (Å²) in [5.41, 5.74) is 10.6. The number of nitrogens with zero attached hydrogens (tertiary/aromatic N) is 7. The normalized spacial score (nSPS) is 14.1. The third kappa shape index (κ3) is 6.96. The van der Waals surface area contributed by atoms with Crippen molar-refractivity contribution in [1.29, 1.82) is 10.5 Å². The van der Waals surface area contributed by atoms with E-state index in [1.807, 2.05) is 128 Å². The van der Waals surface area contributed by atoms with Crippen molar-refractivity contribution in [3.8, 4) is 12.4 Å². The number of aliphatic imine (C=N–C) groups is 2. The number of para-hydroxylation sites is 4. The number of amidine groups is 1. The van der Waals surface area contributed by atoms with Crippen molar-refractivity contribution < 1.29 is 0 Å². The van der Waals surface area contributed by atoms with Crippen molar-refractivity contribution in [2.45, 2.75) is 0 Å². The summed E-state index contributed by atoms with van der Waals surface area (Å²) >= 11 is 0. The quantitative estimate of drug-likeness (QED) is 0.113. The molecule has 0 spiro atoms. The minimum atomic E-state index is 0.440. The van der Waals surface area contributed by atoms with Crippen LogP contribution in [-0.2, 0) is 0 Å². The number of nitrogens with one attached hydrogen (secondary N) is 1. The molecule has 0 fully saturated rings. The van der Waals surface area contributed by atoms with Gasteiger partial charge in [-0.25, -0.2) is 0 Å². The Kier molecular flexibility index (Phi) is 10.4. The summed E-state index contributed by atoms with van der Waals surface area (Å²) in [5, 5.41) is 22.9. The molecule has 6 aromatic rings. The van der Waals surface area contributed by atoms with Gasteiger partial charge in [-0.3, -0.25) is 0 Å². The Balaban J connectivity index is 1.34. The lowest BCUT2D eigenvalue weighted by Crippen LogP contribution is -2.23. The summed E-state index contributed by atoms with van der Waals surface area (Å²) in [6.45, 7) is 0. The van der Waals surface area contributed by atoms with Crippen molar-refractivity contribution in [3.05, 3.63) is 192 Å². The molecule has 0 bridgehead atoms. The summed E-state index contributed by atoms with van der Waals surface area (Å²) in [7, 11) is 3.72. The predicted molar refractivity (Wildman–Crippen MR) is 220 cm³/mol. The molecule has 0 aliphatic carbocycles. The zero-order valence-corrected chi connectivity index (χ0v) is 29.9. The second-order valence-electron chi connectivity index (χ2n) is 12.3. The zero-order valence-electron chi connectivity index (χ0n) is 29.9. The van der Waals surface area contributed by atoms with E-state index in [-0.39, 0.29) is 0 Å². The second-order valence-corrected chi connectivity index (χ2v) is 12.3. The van der Waals surface area contributed by atoms with Crippen LogP contribution in [0.1, 0.15) is 11.1 Å². The minimum Gasteiger partial charge on any atom is -0.387 e. The maximum Gasteiger partial charge on any atom is 0.207 e. The highest BCUT2D eigenvalue weighted by atomic mass is 15.2. The first kappa shape index (κ1) is 34.8. The van der Waals surface area contributed by atoms with Gasteiger partial charge in [-0.2, -0.15) is 20.5 Å². The Hall–Kier alpha value is -7.68. The van der Waals surface area contributed by atoms with Gasteiger partial charge in [0, 0.05) is 60.0 Å². The fourth-order valence-electron chi connectivity index (χ4n) is 6.85. The van der Waals surface area contributed by atoms with Crippen LogP contribution < -0.4 is 15.1 Å². The molecule has 0 radical (unpaired) electrons. The van der Waals surface area contributed by atoms with Gasteiger partial charge in [-0.15, -0.1) is 0 Å². The maximum absolute atomic E-state index is 9.91. The standard InChI is InChI=1S/C46H36N8/c1-49-44(34-23-27-40(28-24-34)53(36-15-7-3-8-16-36)37-17-9-4-10-18-37)43-42(31-50-32-47)45(52(2)46(43)51-33-48)35-25-29-41(30-26-35)54(38-19-11-5-12-20-38)39-21-13-6-14-22-39/h3-31,49H,1-2H3/b44-43+,50-31?,51-46?. The van der Waals surface area contributed by atoms with Gasteiger partial charge in [0.1, 0.15) is 0 Å². The van der Waals surface area contributed by atoms with Gasteiger partial charge >= 0.3 is 0 Å². The van der Waals surface area contributed by atoms with E-state index < -0.39 is 0 Å². The minimum absolute atomic E-state index is 0.440. The molecule has 0 saturated carbocycles. The monoisotopic (exact) mass is 700 g/mol. The Bertz CT molecular complexity index is 2340. The topological polar surface area (TPSA) is 94.0 Å². The summed E-state index contributed by atoms with van der Waals surface area (Å²) in [6.07, 6.45) is 5.47. The van der Waals surface area contributed by atoms with Crippen molar-refractivity contribution in [2.24, 2.45) is 9.98 Å². The first-order valence-corrected chi connectivity index (χ1v) is 17.4. The van der Waals surface area contributed by atoms with Crippen molar-refractivity contribution in [3.63, 3.8) is 0 Å². The van der Waals surface area contributed by atoms with Gasteiger partial charge < -0.3 is 20.0 Å². The Morgan fingerprint density at radius 1 is 0.574 bits per heavy atom. The average molecular weight is 701 g/mol. The fourth-order valence-corrected chi connectivity index (χ4v) is 6.85. The van der Waals surface area contributed by atoms with Crippen molar-refractivity contribution >= 4 is 57.6 Å². The second kappa shape index (κ2) is 16.1. The van der Waals surface area contributed by atoms with Crippen LogP contribution in [-0.4, -0.2) is 31.0 Å². The number of anilines is 6. The molecular formula is C46H36N8. The molecule has 1 heterocycles. The third-order valence-electron chi connectivity index (χ3n) is 9.18. The van der Waals surface area contributed by atoms with E-state index in [4.69, 9.17) is 0 Å². The van der Waals surface area contributed by atoms with E-state index in [2.05, 4.69) is 97.9 Å². The largest absolute Gasteiger partial charge is 0.387 e. The molecule has 0 saturated heterocycles. The highest BCUT2D eigenvalue weighted by Crippen LogP contribution is 2.41. The SMILES string of the molecule is CN/C(=C1/C(=NC#N)N(C)C(c2ccc(N(c3ccccc3)c3ccccc3)cc2)=C1C=NC#N)c1ccc(N(c2ccccc2)c2ccccc2)cc1. The molecule has 0 amide bonds. The molecule has 7 rings (SSSR count). The van der Waals surface area contributed by atoms with Gasteiger partial charge in [-0.05, 0) is 83.9 Å². The summed E-state index contributed by atoms with van der Waals surface area (Å²) < 4.78 is 0. The van der Waals surface area contributed by atoms with Crippen LogP contribution in [0.4, 0.5) is 34.1 Å². The molecule has 1 aliphatic heterocycles. The Morgan fingerprint density at radius 3 is 1.37 bits per heavy atom. The number of benzene rings is 6. The molecule has 54 heavy (non-hydrogen) atoms. The van der Waals surface area contributed by atoms with Crippen LogP contribution in [0.2, 0.25) is 0 Å². The third-order valence-corrected chi connectivity index (χ3v) is 9.18. The molecule has 8 nitrogen and oxygen atoms in total. The van der Waals surface area contributed by atoms with Crippen LogP contribution in [0.15, 0.2) is 191 Å². The molecule has 0 atom stereocenters. The number of hydrogen-bond acceptors (Lipinski definition) is 7. The van der Waals surface area contributed by atoms with E-state index >= 15 is 0 Å². The van der Waals surface area contributed by atoms with E-state index in [0.29, 0.717) is 17.0 Å². The summed E-state index contributed by atoms with van der Waals surface area (Å²) in [6, 6.07) is 57.4. The molecule has 6 aromatic carbocycles. The molecule has 8 heteroatoms. The number of rotatable bonds is 10. The average Bonchev–Trinajstić information content (AvgIpc) is 3.49. The van der Waals surface area contributed by atoms with Gasteiger partial charge in [0.15, 0.2) is 5.84 Å². The van der Waals surface area contributed by atoms with E-state index in [0.717, 1.165) is 56.6 Å². The maximum atomic E-state index is 9.91. The predicted octanol–water partition coefficient (Wildman–Crippen LogP) is 10.3. The highest BCUT2D eigenvalue weighted by Gasteiger charge is 2.34. The molecule has 0 unspecified atom stereocenters. The van der Waals surface area contributed by atoms with Gasteiger partial charge in [0.2, 0.25) is 12.4 Å². The van der Waals surface area contributed by atoms with E-state index in [9.17, 15) is 10.5 Å². The Labute approximate surface area is 315 Å². The molecule has 0 aromatic heterocycles. The fraction of sp³-hybridized carbons (Fsp3) is 0.0435. The van der Waals surface area contributed by atoms with E-state index in [1.54, 1.807) is 6.21 Å². The van der Waals surface area contributed by atoms with Crippen LogP contribution >= 0.6 is 0 Å². The van der Waals surface area contributed by atoms with Crippen LogP contribution in [0, 0.1) is 22.9 Å². The summed E-state index contributed by atoms with van der Waals surface area (Å²) in [4.78, 5) is 14.6. The smallest absolute Gasteiger partial charge is 0.207 e. The van der Waals surface area contributed by atoms with Crippen LogP contribution in [0.5, 0.6) is 0 Å². The number of nitriles is 2. The number of hydrogen-bond donors (Lipinski definition) is 1. The zero-order chi connectivity index (χ0) is 37.3. The first-order valence-electron chi connectivity index (χ1n) is 17.4. The van der Waals surface area contributed by atoms with Gasteiger partial charge in [-0.1, -0.05) is 97.1 Å². The highest BCUT2D eigenvalue weighted by molar-refractivity contribution is 6.24. The molecule has 1 N–H and O–H groups in total. The van der Waals surface area contributed by atoms with E-state index in [1.165, 1.54) is 0 Å². The Morgan fingerprint density at radius 2 is 0.981 bits per heavy atom. The van der Waals surface area contributed by atoms with Crippen LogP contribution in [0.25, 0.3) is 11.4 Å². The lowest BCUT2D eigenvalue weighted by atomic mass is 9.98. The first-order chi connectivity index (χ1) is 26.6. The van der Waals surface area contributed by atoms with Crippen LogP contribution in [0.3, 0.4) is 0 Å². The molecule has 1 aliphatic rings. The summed E-state index contributed by atoms with van der Waals surface area (Å²) in [5.74, 6) is 0.440. The van der Waals surface area contributed by atoms with Crippen molar-refractivity contribution in [1.82, 2.24) is 10.2 Å². The van der Waals surface area contributed by atoms with Crippen molar-refractivity contribution in [2.75, 3.05) is 23.9 Å².